The molecule has 8 heteroatoms. The van der Waals surface area contributed by atoms with Crippen molar-refractivity contribution in [1.82, 2.24) is 0 Å². The van der Waals surface area contributed by atoms with Crippen molar-refractivity contribution in [2.75, 3.05) is 6.61 Å². The Morgan fingerprint density at radius 1 is 1.29 bits per heavy atom. The van der Waals surface area contributed by atoms with Gasteiger partial charge in [-0.1, -0.05) is 11.1 Å². The molecule has 0 aliphatic rings. The van der Waals surface area contributed by atoms with Gasteiger partial charge in [-0.05, 0) is 0 Å². The van der Waals surface area contributed by atoms with Crippen LogP contribution in [0, 0.1) is 12.3 Å². The van der Waals surface area contributed by atoms with Crippen molar-refractivity contribution in [3.05, 3.63) is 0 Å². The molecule has 14 heavy (non-hydrogen) atoms. The van der Waals surface area contributed by atoms with Gasteiger partial charge in [-0.2, -0.15) is 0 Å². The van der Waals surface area contributed by atoms with Crippen LogP contribution in [0.2, 0.25) is 0 Å². The van der Waals surface area contributed by atoms with E-state index in [-0.39, 0.29) is 51.4 Å². The molecule has 0 saturated heterocycles. The second-order valence-electron chi connectivity index (χ2n) is 1.49. The van der Waals surface area contributed by atoms with E-state index in [0.717, 1.165) is 0 Å². The summed E-state index contributed by atoms with van der Waals surface area (Å²) in [5.74, 6) is -2.04. The number of carbonyl (C=O) groups excluding carboxylic acids is 2. The standard InChI is InChI=1S/C6H5NO5.2Ag/c1-2-3-12-7-4(5(8)9)6(10)11;;/h1H,3H2,(H,8,9)(H,10,11);;/q;2*+1/p-2. The maximum atomic E-state index is 9.94. The van der Waals surface area contributed by atoms with Crippen molar-refractivity contribution in [2.24, 2.45) is 5.16 Å². The Kier molecular flexibility index (Phi) is 14.4. The molecule has 0 aliphatic carbocycles. The Balaban J connectivity index is -0.000000605. The summed E-state index contributed by atoms with van der Waals surface area (Å²) in [4.78, 5) is 24.0. The monoisotopic (exact) mass is 383 g/mol. The molecule has 0 aliphatic heterocycles. The van der Waals surface area contributed by atoms with Crippen molar-refractivity contribution in [2.45, 2.75) is 0 Å². The first kappa shape index (κ1) is 19.1. The average Bonchev–Trinajstić information content (AvgIpc) is 1.96. The predicted octanol–water partition coefficient (Wildman–Crippen LogP) is -3.51. The summed E-state index contributed by atoms with van der Waals surface area (Å²) in [7, 11) is 0. The van der Waals surface area contributed by atoms with E-state index in [4.69, 9.17) is 6.42 Å². The quantitative estimate of drug-likeness (QED) is 0.125. The van der Waals surface area contributed by atoms with Crippen LogP contribution in [0.15, 0.2) is 5.16 Å². The van der Waals surface area contributed by atoms with Gasteiger partial charge in [0.2, 0.25) is 0 Å². The van der Waals surface area contributed by atoms with Crippen molar-refractivity contribution in [1.29, 1.82) is 0 Å². The molecule has 0 rings (SSSR count). The van der Waals surface area contributed by atoms with E-state index in [1.807, 2.05) is 5.92 Å². The number of nitrogens with zero attached hydrogens (tertiary/aromatic N) is 1. The minimum Gasteiger partial charge on any atom is -0.543 e. The van der Waals surface area contributed by atoms with Crippen molar-refractivity contribution in [3.8, 4) is 12.3 Å². The number of carboxylic acid groups (broad SMARTS) is 2. The fourth-order valence-electron chi connectivity index (χ4n) is 0.292. The van der Waals surface area contributed by atoms with Crippen LogP contribution >= 0.6 is 0 Å². The van der Waals surface area contributed by atoms with E-state index in [1.165, 1.54) is 0 Å². The number of aliphatic carboxylic acids is 2. The molecule has 0 atom stereocenters. The molecule has 84 valence electrons. The first-order valence-corrected chi connectivity index (χ1v) is 2.65. The Labute approximate surface area is 111 Å². The van der Waals surface area contributed by atoms with Gasteiger partial charge in [0.1, 0.15) is 5.71 Å². The summed E-state index contributed by atoms with van der Waals surface area (Å²) in [5.41, 5.74) is -1.33. The maximum Gasteiger partial charge on any atom is 1.00 e. The van der Waals surface area contributed by atoms with Crippen LogP contribution in [-0.2, 0) is 59.2 Å². The zero-order chi connectivity index (χ0) is 9.56. The molecule has 0 unspecified atom stereocenters. The predicted molar refractivity (Wildman–Crippen MR) is 32.2 cm³/mol. The van der Waals surface area contributed by atoms with Crippen LogP contribution < -0.4 is 10.2 Å². The average molecular weight is 385 g/mol. The van der Waals surface area contributed by atoms with Gasteiger partial charge in [-0.15, -0.1) is 6.42 Å². The smallest absolute Gasteiger partial charge is 0.543 e. The van der Waals surface area contributed by atoms with Crippen molar-refractivity contribution >= 4 is 17.7 Å². The van der Waals surface area contributed by atoms with Gasteiger partial charge >= 0.3 is 44.8 Å². The fraction of sp³-hybridized carbons (Fsp3) is 0.167. The summed E-state index contributed by atoms with van der Waals surface area (Å²) < 4.78 is 0. The zero-order valence-corrected chi connectivity index (χ0v) is 9.34. The van der Waals surface area contributed by atoms with Gasteiger partial charge < -0.3 is 24.6 Å². The van der Waals surface area contributed by atoms with E-state index in [2.05, 4.69) is 9.99 Å². The van der Waals surface area contributed by atoms with E-state index in [1.54, 1.807) is 0 Å². The van der Waals surface area contributed by atoms with Crippen LogP contribution in [0.1, 0.15) is 0 Å². The van der Waals surface area contributed by atoms with Gasteiger partial charge in [0.05, 0.1) is 11.9 Å². The van der Waals surface area contributed by atoms with E-state index >= 15 is 0 Å². The molecule has 0 bridgehead atoms. The molecular weight excluding hydrogens is 382 g/mol. The topological polar surface area (TPSA) is 102 Å². The zero-order valence-electron chi connectivity index (χ0n) is 6.38. The summed E-state index contributed by atoms with van der Waals surface area (Å²) in [6.45, 7) is -0.329. The van der Waals surface area contributed by atoms with Gasteiger partial charge in [0.25, 0.3) is 0 Å². The molecule has 6 nitrogen and oxygen atoms in total. The van der Waals surface area contributed by atoms with Gasteiger partial charge in [0, 0.05) is 0 Å². The van der Waals surface area contributed by atoms with Gasteiger partial charge in [-0.25, -0.2) is 0 Å². The largest absolute Gasteiger partial charge is 1.00 e. The Hall–Kier alpha value is -0.549. The summed E-state index contributed by atoms with van der Waals surface area (Å²) in [6, 6.07) is 0. The molecule has 0 aromatic heterocycles. The molecule has 0 heterocycles. The molecule has 0 saturated carbocycles. The Morgan fingerprint density at radius 3 is 2.00 bits per heavy atom. The number of carbonyl (C=O) groups is 2. The normalized spacial score (nSPS) is 6.79. The number of hydrogen-bond donors (Lipinski definition) is 0. The summed E-state index contributed by atoms with van der Waals surface area (Å²) in [5, 5.41) is 22.5. The van der Waals surface area contributed by atoms with E-state index in [9.17, 15) is 19.8 Å². The molecule has 0 fully saturated rings. The fourth-order valence-corrected chi connectivity index (χ4v) is 0.292. The van der Waals surface area contributed by atoms with Crippen molar-refractivity contribution < 1.29 is 69.4 Å². The minimum atomic E-state index is -1.99. The number of terminal acetylenes is 1. The third kappa shape index (κ3) is 8.07. The SMILES string of the molecule is C#CCON=C(C(=O)[O-])C(=O)[O-].[Ag+].[Ag+]. The minimum absolute atomic E-state index is 0. The van der Waals surface area contributed by atoms with Crippen LogP contribution in [0.3, 0.4) is 0 Å². The molecule has 0 amide bonds. The van der Waals surface area contributed by atoms with Gasteiger partial charge in [-0.3, -0.25) is 0 Å². The third-order valence-electron chi connectivity index (χ3n) is 0.690. The number of oxime groups is 1. The van der Waals surface area contributed by atoms with Crippen LogP contribution in [0.5, 0.6) is 0 Å². The Morgan fingerprint density at radius 2 is 1.71 bits per heavy atom. The number of carboxylic acids is 2. The molecule has 0 radical (unpaired) electrons. The van der Waals surface area contributed by atoms with Crippen molar-refractivity contribution in [3.63, 3.8) is 0 Å². The number of rotatable bonds is 4. The van der Waals surface area contributed by atoms with Crippen LogP contribution in [0.25, 0.3) is 0 Å². The molecule has 0 aromatic carbocycles. The first-order chi connectivity index (χ1) is 5.59. The summed E-state index contributed by atoms with van der Waals surface area (Å²) >= 11 is 0. The molecular formula is C6H3Ag2NO5. The Bertz CT molecular complexity index is 254. The van der Waals surface area contributed by atoms with Gasteiger partial charge in [0.15, 0.2) is 6.61 Å². The molecule has 0 spiro atoms. The summed E-state index contributed by atoms with van der Waals surface area (Å²) in [6.07, 6.45) is 4.70. The maximum absolute atomic E-state index is 9.94. The number of hydrogen-bond acceptors (Lipinski definition) is 6. The van der Waals surface area contributed by atoms with Crippen LogP contribution in [-0.4, -0.2) is 24.3 Å². The van der Waals surface area contributed by atoms with E-state index < -0.39 is 17.7 Å². The second-order valence-corrected chi connectivity index (χ2v) is 1.49. The third-order valence-corrected chi connectivity index (χ3v) is 0.690. The first-order valence-electron chi connectivity index (χ1n) is 2.65. The second kappa shape index (κ2) is 10.5. The van der Waals surface area contributed by atoms with Crippen LogP contribution in [0.4, 0.5) is 0 Å². The van der Waals surface area contributed by atoms with E-state index in [0.29, 0.717) is 0 Å². The molecule has 0 N–H and O–H groups in total. The molecule has 0 aromatic rings.